The molecule has 0 bridgehead atoms. The molecule has 0 radical (unpaired) electrons. The largest absolute Gasteiger partial charge is 0.493 e. The molecule has 0 spiro atoms. The SMILES string of the molecule is COc1cc(/C=C2\C(=O)NC(=O)N(c3ccc(OCc4ccccc4)cc3)C2=O)cc(I)c1OCc1cccc(Cl)c1. The molecule has 4 amide bonds. The molecule has 1 aliphatic heterocycles. The summed E-state index contributed by atoms with van der Waals surface area (Å²) in [5, 5.41) is 2.85. The summed E-state index contributed by atoms with van der Waals surface area (Å²) in [5.41, 5.74) is 2.50. The van der Waals surface area contributed by atoms with E-state index >= 15 is 0 Å². The zero-order valence-corrected chi connectivity index (χ0v) is 25.2. The van der Waals surface area contributed by atoms with Gasteiger partial charge in [0.15, 0.2) is 11.5 Å². The Kier molecular flexibility index (Phi) is 9.09. The molecule has 0 aliphatic carbocycles. The molecule has 1 saturated heterocycles. The van der Waals surface area contributed by atoms with Crippen molar-refractivity contribution in [1.29, 1.82) is 0 Å². The van der Waals surface area contributed by atoms with Gasteiger partial charge < -0.3 is 14.2 Å². The molecule has 1 heterocycles. The minimum atomic E-state index is -0.836. The number of urea groups is 1. The van der Waals surface area contributed by atoms with E-state index in [1.165, 1.54) is 13.2 Å². The van der Waals surface area contributed by atoms with E-state index in [2.05, 4.69) is 27.9 Å². The minimum Gasteiger partial charge on any atom is -0.493 e. The highest BCUT2D eigenvalue weighted by Crippen LogP contribution is 2.36. The third-order valence-electron chi connectivity index (χ3n) is 6.28. The summed E-state index contributed by atoms with van der Waals surface area (Å²) < 4.78 is 18.0. The molecule has 4 aromatic carbocycles. The van der Waals surface area contributed by atoms with Gasteiger partial charge in [-0.2, -0.15) is 0 Å². The van der Waals surface area contributed by atoms with E-state index in [1.807, 2.05) is 48.5 Å². The molecule has 4 aromatic rings. The number of benzene rings is 4. The molecular formula is C32H24ClIN2O6. The molecule has 42 heavy (non-hydrogen) atoms. The molecule has 0 saturated carbocycles. The number of carbonyl (C=O) groups is 3. The van der Waals surface area contributed by atoms with Crippen molar-refractivity contribution < 1.29 is 28.6 Å². The number of rotatable bonds is 9. The zero-order valence-electron chi connectivity index (χ0n) is 22.3. The molecular weight excluding hydrogens is 671 g/mol. The lowest BCUT2D eigenvalue weighted by Crippen LogP contribution is -2.54. The summed E-state index contributed by atoms with van der Waals surface area (Å²) in [4.78, 5) is 39.7. The Morgan fingerprint density at radius 2 is 1.57 bits per heavy atom. The second kappa shape index (κ2) is 13.1. The maximum absolute atomic E-state index is 13.4. The smallest absolute Gasteiger partial charge is 0.335 e. The highest BCUT2D eigenvalue weighted by atomic mass is 127. The molecule has 0 unspecified atom stereocenters. The Morgan fingerprint density at radius 1 is 0.857 bits per heavy atom. The molecule has 8 nitrogen and oxygen atoms in total. The first-order valence-electron chi connectivity index (χ1n) is 12.8. The van der Waals surface area contributed by atoms with Crippen molar-refractivity contribution in [2.45, 2.75) is 13.2 Å². The van der Waals surface area contributed by atoms with Crippen LogP contribution in [0.5, 0.6) is 17.2 Å². The second-order valence-electron chi connectivity index (χ2n) is 9.18. The first-order valence-corrected chi connectivity index (χ1v) is 14.2. The Hall–Kier alpha value is -4.35. The first kappa shape index (κ1) is 29.2. The standard InChI is InChI=1S/C32H24ClIN2O6/c1-40-28-17-22(16-27(34)29(28)42-19-21-8-5-9-23(33)14-21)15-26-30(37)35-32(39)36(31(26)38)24-10-12-25(13-11-24)41-18-20-6-3-2-4-7-20/h2-17H,18-19H2,1H3,(H,35,37,39)/b26-15+. The monoisotopic (exact) mass is 694 g/mol. The van der Waals surface area contributed by atoms with Crippen molar-refractivity contribution in [2.24, 2.45) is 0 Å². The van der Waals surface area contributed by atoms with Crippen LogP contribution < -0.4 is 24.4 Å². The lowest BCUT2D eigenvalue weighted by Gasteiger charge is -2.26. The average Bonchev–Trinajstić information content (AvgIpc) is 2.98. The van der Waals surface area contributed by atoms with Gasteiger partial charge >= 0.3 is 6.03 Å². The number of amides is 4. The number of halogens is 2. The first-order chi connectivity index (χ1) is 20.3. The van der Waals surface area contributed by atoms with Crippen LogP contribution in [0.25, 0.3) is 6.08 Å². The maximum Gasteiger partial charge on any atom is 0.335 e. The molecule has 1 N–H and O–H groups in total. The number of methoxy groups -OCH3 is 1. The number of carbonyl (C=O) groups excluding carboxylic acids is 3. The van der Waals surface area contributed by atoms with E-state index in [-0.39, 0.29) is 12.2 Å². The van der Waals surface area contributed by atoms with Gasteiger partial charge in [-0.1, -0.05) is 54.1 Å². The number of nitrogens with zero attached hydrogens (tertiary/aromatic N) is 1. The van der Waals surface area contributed by atoms with Crippen molar-refractivity contribution in [2.75, 3.05) is 12.0 Å². The van der Waals surface area contributed by atoms with E-state index in [0.717, 1.165) is 16.0 Å². The lowest BCUT2D eigenvalue weighted by atomic mass is 10.1. The molecule has 0 aromatic heterocycles. The highest BCUT2D eigenvalue weighted by molar-refractivity contribution is 14.1. The van der Waals surface area contributed by atoms with Crippen molar-refractivity contribution in [3.05, 3.63) is 122 Å². The average molecular weight is 695 g/mol. The normalized spacial score (nSPS) is 14.1. The van der Waals surface area contributed by atoms with Crippen LogP contribution in [0.1, 0.15) is 16.7 Å². The van der Waals surface area contributed by atoms with E-state index in [0.29, 0.717) is 43.7 Å². The van der Waals surface area contributed by atoms with Crippen LogP contribution in [0, 0.1) is 3.57 Å². The summed E-state index contributed by atoms with van der Waals surface area (Å²) in [7, 11) is 1.50. The number of imide groups is 2. The van der Waals surface area contributed by atoms with Crippen LogP contribution >= 0.6 is 34.2 Å². The third kappa shape index (κ3) is 6.75. The van der Waals surface area contributed by atoms with Crippen molar-refractivity contribution in [3.63, 3.8) is 0 Å². The van der Waals surface area contributed by atoms with Crippen LogP contribution in [0.4, 0.5) is 10.5 Å². The van der Waals surface area contributed by atoms with Gasteiger partial charge in [0.25, 0.3) is 11.8 Å². The summed E-state index contributed by atoms with van der Waals surface area (Å²) in [5.74, 6) is -0.0561. The quantitative estimate of drug-likeness (QED) is 0.118. The van der Waals surface area contributed by atoms with Crippen LogP contribution in [0.2, 0.25) is 5.02 Å². The van der Waals surface area contributed by atoms with Gasteiger partial charge in [-0.05, 0) is 93.9 Å². The van der Waals surface area contributed by atoms with Gasteiger partial charge in [0.05, 0.1) is 16.4 Å². The molecule has 212 valence electrons. The van der Waals surface area contributed by atoms with Gasteiger partial charge in [-0.3, -0.25) is 14.9 Å². The molecule has 1 aliphatic rings. The zero-order chi connectivity index (χ0) is 29.6. The fourth-order valence-electron chi connectivity index (χ4n) is 4.24. The van der Waals surface area contributed by atoms with Gasteiger partial charge in [-0.25, -0.2) is 9.69 Å². The Labute approximate surface area is 261 Å². The van der Waals surface area contributed by atoms with Crippen molar-refractivity contribution in [1.82, 2.24) is 5.32 Å². The number of hydrogen-bond acceptors (Lipinski definition) is 6. The number of ether oxygens (including phenoxy) is 3. The van der Waals surface area contributed by atoms with Crippen molar-refractivity contribution >= 4 is 63.8 Å². The number of barbiturate groups is 1. The predicted octanol–water partition coefficient (Wildman–Crippen LogP) is 6.78. The predicted molar refractivity (Wildman–Crippen MR) is 168 cm³/mol. The Bertz CT molecular complexity index is 1670. The summed E-state index contributed by atoms with van der Waals surface area (Å²) in [6, 6.07) is 26.1. The van der Waals surface area contributed by atoms with Gasteiger partial charge in [0, 0.05) is 5.02 Å². The Morgan fingerprint density at radius 3 is 2.29 bits per heavy atom. The lowest BCUT2D eigenvalue weighted by molar-refractivity contribution is -0.122. The second-order valence-corrected chi connectivity index (χ2v) is 10.8. The Balaban J connectivity index is 1.35. The van der Waals surface area contributed by atoms with Crippen LogP contribution in [0.3, 0.4) is 0 Å². The fraction of sp³-hybridized carbons (Fsp3) is 0.0938. The van der Waals surface area contributed by atoms with Gasteiger partial charge in [0.2, 0.25) is 0 Å². The van der Waals surface area contributed by atoms with Crippen LogP contribution in [0.15, 0.2) is 96.6 Å². The summed E-state index contributed by atoms with van der Waals surface area (Å²) >= 11 is 8.17. The van der Waals surface area contributed by atoms with Gasteiger partial charge in [0.1, 0.15) is 24.5 Å². The number of anilines is 1. The molecule has 0 atom stereocenters. The fourth-order valence-corrected chi connectivity index (χ4v) is 5.23. The van der Waals surface area contributed by atoms with E-state index < -0.39 is 17.8 Å². The van der Waals surface area contributed by atoms with Gasteiger partial charge in [-0.15, -0.1) is 0 Å². The molecule has 10 heteroatoms. The third-order valence-corrected chi connectivity index (χ3v) is 7.32. The van der Waals surface area contributed by atoms with E-state index in [4.69, 9.17) is 25.8 Å². The molecule has 1 fully saturated rings. The van der Waals surface area contributed by atoms with E-state index in [9.17, 15) is 14.4 Å². The minimum absolute atomic E-state index is 0.204. The molecule has 5 rings (SSSR count). The topological polar surface area (TPSA) is 94.2 Å². The number of nitrogens with one attached hydrogen (secondary N) is 1. The van der Waals surface area contributed by atoms with Crippen molar-refractivity contribution in [3.8, 4) is 17.2 Å². The summed E-state index contributed by atoms with van der Waals surface area (Å²) in [6.45, 7) is 0.638. The van der Waals surface area contributed by atoms with E-state index in [1.54, 1.807) is 42.5 Å². The van der Waals surface area contributed by atoms with Crippen LogP contribution in [-0.4, -0.2) is 25.0 Å². The maximum atomic E-state index is 13.4. The highest BCUT2D eigenvalue weighted by Gasteiger charge is 2.37. The summed E-state index contributed by atoms with van der Waals surface area (Å²) in [6.07, 6.45) is 1.42. The number of hydrogen-bond donors (Lipinski definition) is 1. The van der Waals surface area contributed by atoms with Crippen LogP contribution in [-0.2, 0) is 22.8 Å².